The van der Waals surface area contributed by atoms with Crippen LogP contribution in [0.15, 0.2) is 65.6 Å². The van der Waals surface area contributed by atoms with E-state index < -0.39 is 0 Å². The van der Waals surface area contributed by atoms with Gasteiger partial charge in [-0.3, -0.25) is 0 Å². The molecule has 0 N–H and O–H groups in total. The van der Waals surface area contributed by atoms with Crippen LogP contribution in [0.2, 0.25) is 0 Å². The molecule has 0 bridgehead atoms. The zero-order valence-electron chi connectivity index (χ0n) is 11.7. The normalized spacial score (nSPS) is 22.1. The van der Waals surface area contributed by atoms with Crippen LogP contribution in [0.4, 0.5) is 0 Å². The summed E-state index contributed by atoms with van der Waals surface area (Å²) in [5.41, 5.74) is 1.05. The third-order valence-electron chi connectivity index (χ3n) is 3.21. The van der Waals surface area contributed by atoms with Gasteiger partial charge in [-0.15, -0.1) is 0 Å². The maximum atomic E-state index is 5.78. The average Bonchev–Trinajstić information content (AvgIpc) is 2.57. The van der Waals surface area contributed by atoms with Gasteiger partial charge in [0.25, 0.3) is 0 Å². The Kier molecular flexibility index (Phi) is 5.29. The minimum atomic E-state index is -0.271. The molecule has 21 heavy (non-hydrogen) atoms. The molecule has 0 amide bonds. The van der Waals surface area contributed by atoms with Gasteiger partial charge in [-0.2, -0.15) is 0 Å². The molecule has 3 nitrogen and oxygen atoms in total. The van der Waals surface area contributed by atoms with Crippen LogP contribution >= 0.6 is 11.8 Å². The van der Waals surface area contributed by atoms with Crippen molar-refractivity contribution in [3.05, 3.63) is 66.2 Å². The van der Waals surface area contributed by atoms with Crippen LogP contribution in [0.5, 0.6) is 0 Å². The Bertz CT molecular complexity index is 521. The van der Waals surface area contributed by atoms with Gasteiger partial charge in [0.2, 0.25) is 0 Å². The molecule has 0 radical (unpaired) electrons. The zero-order valence-corrected chi connectivity index (χ0v) is 12.5. The number of benzene rings is 2. The fourth-order valence-electron chi connectivity index (χ4n) is 2.10. The molecule has 1 heterocycles. The van der Waals surface area contributed by atoms with E-state index in [2.05, 4.69) is 12.1 Å². The predicted octanol–water partition coefficient (Wildman–Crippen LogP) is 3.87. The highest BCUT2D eigenvalue weighted by Gasteiger charge is 2.23. The number of thioether (sulfide) groups is 1. The van der Waals surface area contributed by atoms with Crippen LogP contribution in [0.25, 0.3) is 0 Å². The highest BCUT2D eigenvalue weighted by atomic mass is 32.2. The Labute approximate surface area is 129 Å². The van der Waals surface area contributed by atoms with Crippen molar-refractivity contribution >= 4 is 11.8 Å². The van der Waals surface area contributed by atoms with E-state index in [0.29, 0.717) is 19.2 Å². The standard InChI is InChI=1S/C17H18O3S/c1-3-7-14(8-4-1)17-18-11-15(12-19-17)20-13-21-16-9-5-2-6-10-16/h1-10,15,17H,11-13H2. The van der Waals surface area contributed by atoms with E-state index in [9.17, 15) is 0 Å². The van der Waals surface area contributed by atoms with Crippen LogP contribution in [0.3, 0.4) is 0 Å². The van der Waals surface area contributed by atoms with E-state index in [1.54, 1.807) is 11.8 Å². The lowest BCUT2D eigenvalue weighted by Gasteiger charge is -2.29. The summed E-state index contributed by atoms with van der Waals surface area (Å²) in [7, 11) is 0. The summed E-state index contributed by atoms with van der Waals surface area (Å²) in [5.74, 6) is 0.609. The lowest BCUT2D eigenvalue weighted by atomic mass is 10.2. The molecule has 0 unspecified atom stereocenters. The first-order chi connectivity index (χ1) is 10.4. The molecule has 2 aromatic carbocycles. The smallest absolute Gasteiger partial charge is 0.184 e. The second-order valence-corrected chi connectivity index (χ2v) is 5.77. The molecular formula is C17H18O3S. The molecule has 0 atom stereocenters. The molecule has 1 fully saturated rings. The summed E-state index contributed by atoms with van der Waals surface area (Å²) in [6.07, 6.45) is -0.269. The van der Waals surface area contributed by atoms with E-state index in [1.165, 1.54) is 4.90 Å². The molecule has 0 spiro atoms. The first-order valence-electron chi connectivity index (χ1n) is 6.99. The molecule has 110 valence electrons. The predicted molar refractivity (Wildman–Crippen MR) is 83.1 cm³/mol. The summed E-state index contributed by atoms with van der Waals surface area (Å²) in [6.45, 7) is 1.13. The van der Waals surface area contributed by atoms with Crippen molar-refractivity contribution in [2.75, 3.05) is 19.2 Å². The lowest BCUT2D eigenvalue weighted by molar-refractivity contribution is -0.227. The van der Waals surface area contributed by atoms with Crippen LogP contribution < -0.4 is 0 Å². The molecule has 0 aromatic heterocycles. The van der Waals surface area contributed by atoms with Crippen molar-refractivity contribution in [1.29, 1.82) is 0 Å². The topological polar surface area (TPSA) is 27.7 Å². The van der Waals surface area contributed by atoms with Crippen LogP contribution in [-0.2, 0) is 14.2 Å². The minimum Gasteiger partial charge on any atom is -0.362 e. The molecule has 1 aliphatic heterocycles. The summed E-state index contributed by atoms with van der Waals surface area (Å²) in [6, 6.07) is 20.2. The highest BCUT2D eigenvalue weighted by molar-refractivity contribution is 7.99. The lowest BCUT2D eigenvalue weighted by Crippen LogP contribution is -2.33. The van der Waals surface area contributed by atoms with E-state index in [1.807, 2.05) is 48.5 Å². The van der Waals surface area contributed by atoms with Crippen LogP contribution in [0, 0.1) is 0 Å². The summed E-state index contributed by atoms with van der Waals surface area (Å²) >= 11 is 1.68. The van der Waals surface area contributed by atoms with Crippen molar-refractivity contribution < 1.29 is 14.2 Å². The average molecular weight is 302 g/mol. The molecule has 1 aliphatic rings. The summed E-state index contributed by atoms with van der Waals surface area (Å²) in [5, 5.41) is 0. The molecule has 3 rings (SSSR count). The minimum absolute atomic E-state index is 0.00109. The highest BCUT2D eigenvalue weighted by Crippen LogP contribution is 2.24. The van der Waals surface area contributed by atoms with Crippen molar-refractivity contribution in [3.63, 3.8) is 0 Å². The zero-order chi connectivity index (χ0) is 14.3. The molecule has 1 saturated heterocycles. The van der Waals surface area contributed by atoms with Crippen molar-refractivity contribution in [2.24, 2.45) is 0 Å². The molecule has 4 heteroatoms. The SMILES string of the molecule is c1ccc(SCOC2COC(c3ccccc3)OC2)cc1. The van der Waals surface area contributed by atoms with E-state index in [0.717, 1.165) is 5.56 Å². The molecular weight excluding hydrogens is 284 g/mol. The third-order valence-corrected chi connectivity index (χ3v) is 4.07. The second-order valence-electron chi connectivity index (χ2n) is 4.77. The third kappa shape index (κ3) is 4.32. The quantitative estimate of drug-likeness (QED) is 0.619. The first kappa shape index (κ1) is 14.6. The Balaban J connectivity index is 1.40. The number of rotatable bonds is 5. The summed E-state index contributed by atoms with van der Waals surface area (Å²) in [4.78, 5) is 1.21. The Morgan fingerprint density at radius 3 is 2.19 bits per heavy atom. The van der Waals surface area contributed by atoms with Gasteiger partial charge in [0.05, 0.1) is 19.2 Å². The van der Waals surface area contributed by atoms with Crippen molar-refractivity contribution in [3.8, 4) is 0 Å². The Morgan fingerprint density at radius 2 is 1.52 bits per heavy atom. The fraction of sp³-hybridized carbons (Fsp3) is 0.294. The van der Waals surface area contributed by atoms with Gasteiger partial charge in [0, 0.05) is 10.5 Å². The van der Waals surface area contributed by atoms with Gasteiger partial charge in [-0.05, 0) is 12.1 Å². The van der Waals surface area contributed by atoms with Gasteiger partial charge < -0.3 is 14.2 Å². The number of hydrogen-bond acceptors (Lipinski definition) is 4. The number of hydrogen-bond donors (Lipinski definition) is 0. The maximum Gasteiger partial charge on any atom is 0.184 e. The van der Waals surface area contributed by atoms with Gasteiger partial charge in [-0.1, -0.05) is 60.3 Å². The first-order valence-corrected chi connectivity index (χ1v) is 7.98. The van der Waals surface area contributed by atoms with E-state index in [4.69, 9.17) is 14.2 Å². The van der Waals surface area contributed by atoms with E-state index >= 15 is 0 Å². The van der Waals surface area contributed by atoms with Gasteiger partial charge in [-0.25, -0.2) is 0 Å². The van der Waals surface area contributed by atoms with Gasteiger partial charge in [0.1, 0.15) is 6.10 Å². The second kappa shape index (κ2) is 7.61. The number of ether oxygens (including phenoxy) is 3. The molecule has 0 aliphatic carbocycles. The molecule has 0 saturated carbocycles. The molecule has 2 aromatic rings. The Hall–Kier alpha value is -1.33. The largest absolute Gasteiger partial charge is 0.362 e. The van der Waals surface area contributed by atoms with Gasteiger partial charge >= 0.3 is 0 Å². The van der Waals surface area contributed by atoms with Crippen LogP contribution in [-0.4, -0.2) is 25.3 Å². The van der Waals surface area contributed by atoms with E-state index in [-0.39, 0.29) is 12.4 Å². The van der Waals surface area contributed by atoms with Gasteiger partial charge in [0.15, 0.2) is 6.29 Å². The summed E-state index contributed by atoms with van der Waals surface area (Å²) < 4.78 is 17.2. The Morgan fingerprint density at radius 1 is 0.905 bits per heavy atom. The maximum absolute atomic E-state index is 5.78. The fourth-order valence-corrected chi connectivity index (χ4v) is 2.85. The van der Waals surface area contributed by atoms with Crippen LogP contribution in [0.1, 0.15) is 11.9 Å². The van der Waals surface area contributed by atoms with Crippen molar-refractivity contribution in [1.82, 2.24) is 0 Å². The van der Waals surface area contributed by atoms with Crippen molar-refractivity contribution in [2.45, 2.75) is 17.3 Å². The monoisotopic (exact) mass is 302 g/mol.